The number of carbonyl (C=O) groups is 2. The van der Waals surface area contributed by atoms with Gasteiger partial charge in [-0.15, -0.1) is 0 Å². The van der Waals surface area contributed by atoms with Crippen LogP contribution in [0, 0.1) is 0 Å². The Morgan fingerprint density at radius 3 is 2.91 bits per heavy atom. The van der Waals surface area contributed by atoms with Gasteiger partial charge < -0.3 is 15.7 Å². The maximum absolute atomic E-state index is 11.8. The van der Waals surface area contributed by atoms with Crippen molar-refractivity contribution < 1.29 is 14.7 Å². The molecule has 0 radical (unpaired) electrons. The van der Waals surface area contributed by atoms with Crippen LogP contribution in [0.3, 0.4) is 0 Å². The maximum Gasteiger partial charge on any atom is 0.313 e. The number of hydrogen-bond acceptors (Lipinski definition) is 4. The Morgan fingerprint density at radius 1 is 1.41 bits per heavy atom. The van der Waals surface area contributed by atoms with Crippen molar-refractivity contribution in [2.24, 2.45) is 0 Å². The number of phenolic OH excluding ortho intramolecular Hbond substituents is 1. The van der Waals surface area contributed by atoms with Crippen molar-refractivity contribution >= 4 is 29.1 Å². The van der Waals surface area contributed by atoms with E-state index < -0.39 is 11.8 Å². The summed E-state index contributed by atoms with van der Waals surface area (Å²) in [5.41, 5.74) is 0.115. The molecule has 2 rings (SSSR count). The van der Waals surface area contributed by atoms with Crippen molar-refractivity contribution in [1.82, 2.24) is 10.2 Å². The lowest BCUT2D eigenvalue weighted by Crippen LogP contribution is -2.43. The summed E-state index contributed by atoms with van der Waals surface area (Å²) < 4.78 is 0. The number of likely N-dealkylation sites (N-methyl/N-ethyl adjacent to an activating group) is 1. The summed E-state index contributed by atoms with van der Waals surface area (Å²) in [7, 11) is 0. The van der Waals surface area contributed by atoms with Gasteiger partial charge in [-0.1, -0.05) is 18.5 Å². The van der Waals surface area contributed by atoms with Gasteiger partial charge in [0, 0.05) is 17.6 Å². The van der Waals surface area contributed by atoms with Gasteiger partial charge in [0.25, 0.3) is 0 Å². The van der Waals surface area contributed by atoms with Gasteiger partial charge in [0.1, 0.15) is 5.75 Å². The molecule has 0 saturated carbocycles. The fourth-order valence-corrected chi connectivity index (χ4v) is 2.79. The Morgan fingerprint density at radius 2 is 2.18 bits per heavy atom. The largest absolute Gasteiger partial charge is 0.506 e. The van der Waals surface area contributed by atoms with Gasteiger partial charge in [0.2, 0.25) is 0 Å². The van der Waals surface area contributed by atoms with E-state index in [0.29, 0.717) is 11.6 Å². The van der Waals surface area contributed by atoms with Crippen LogP contribution in [0.5, 0.6) is 5.75 Å². The van der Waals surface area contributed by atoms with Crippen LogP contribution in [0.4, 0.5) is 5.69 Å². The summed E-state index contributed by atoms with van der Waals surface area (Å²) in [6.45, 7) is 4.49. The average molecular weight is 326 g/mol. The van der Waals surface area contributed by atoms with Crippen molar-refractivity contribution in [3.63, 3.8) is 0 Å². The number of rotatable bonds is 4. The normalized spacial score (nSPS) is 18.2. The molecule has 1 aromatic carbocycles. The summed E-state index contributed by atoms with van der Waals surface area (Å²) in [6, 6.07) is 4.51. The first kappa shape index (κ1) is 16.6. The molecule has 6 nitrogen and oxygen atoms in total. The predicted octanol–water partition coefficient (Wildman–Crippen LogP) is 1.58. The lowest BCUT2D eigenvalue weighted by Gasteiger charge is -2.22. The Hall–Kier alpha value is -1.79. The number of nitrogens with zero attached hydrogens (tertiary/aromatic N) is 1. The number of carbonyl (C=O) groups excluding carboxylic acids is 2. The van der Waals surface area contributed by atoms with Crippen molar-refractivity contribution in [2.75, 3.05) is 25.0 Å². The number of likely N-dealkylation sites (tertiary alicyclic amines) is 1. The smallest absolute Gasteiger partial charge is 0.313 e. The van der Waals surface area contributed by atoms with Crippen molar-refractivity contribution in [3.8, 4) is 5.75 Å². The van der Waals surface area contributed by atoms with E-state index in [0.717, 1.165) is 25.9 Å². The van der Waals surface area contributed by atoms with Crippen LogP contribution < -0.4 is 10.6 Å². The molecule has 7 heteroatoms. The first-order chi connectivity index (χ1) is 10.5. The topological polar surface area (TPSA) is 81.7 Å². The highest BCUT2D eigenvalue weighted by molar-refractivity contribution is 6.40. The third-order valence-corrected chi connectivity index (χ3v) is 4.05. The molecular formula is C15H20ClN3O3. The van der Waals surface area contributed by atoms with Gasteiger partial charge in [0.05, 0.1) is 5.69 Å². The number of phenols is 1. The third-order valence-electron chi connectivity index (χ3n) is 3.82. The molecular weight excluding hydrogens is 306 g/mol. The second-order valence-electron chi connectivity index (χ2n) is 5.25. The minimum Gasteiger partial charge on any atom is -0.506 e. The molecule has 22 heavy (non-hydrogen) atoms. The lowest BCUT2D eigenvalue weighted by molar-refractivity contribution is -0.136. The number of halogens is 1. The van der Waals surface area contributed by atoms with Gasteiger partial charge >= 0.3 is 11.8 Å². The Labute approximate surface area is 134 Å². The quantitative estimate of drug-likeness (QED) is 0.580. The summed E-state index contributed by atoms with van der Waals surface area (Å²) in [5, 5.41) is 15.0. The Balaban J connectivity index is 1.87. The van der Waals surface area contributed by atoms with E-state index in [4.69, 9.17) is 11.6 Å². The van der Waals surface area contributed by atoms with Gasteiger partial charge in [-0.2, -0.15) is 0 Å². The number of anilines is 1. The van der Waals surface area contributed by atoms with E-state index in [1.165, 1.54) is 18.2 Å². The number of amides is 2. The fourth-order valence-electron chi connectivity index (χ4n) is 2.62. The molecule has 0 bridgehead atoms. The number of nitrogens with one attached hydrogen (secondary N) is 2. The second kappa shape index (κ2) is 7.47. The first-order valence-corrected chi connectivity index (χ1v) is 7.70. The zero-order chi connectivity index (χ0) is 16.1. The molecule has 1 saturated heterocycles. The maximum atomic E-state index is 11.8. The second-order valence-corrected chi connectivity index (χ2v) is 5.69. The van der Waals surface area contributed by atoms with E-state index in [1.54, 1.807) is 0 Å². The predicted molar refractivity (Wildman–Crippen MR) is 85.0 cm³/mol. The average Bonchev–Trinajstić information content (AvgIpc) is 2.95. The summed E-state index contributed by atoms with van der Waals surface area (Å²) in [4.78, 5) is 26.0. The minimum absolute atomic E-state index is 0.115. The molecule has 2 amide bonds. The zero-order valence-corrected chi connectivity index (χ0v) is 13.2. The number of aromatic hydroxyl groups is 1. The van der Waals surface area contributed by atoms with Crippen LogP contribution in [-0.4, -0.2) is 47.5 Å². The minimum atomic E-state index is -0.821. The van der Waals surface area contributed by atoms with Crippen LogP contribution in [0.1, 0.15) is 19.8 Å². The van der Waals surface area contributed by atoms with Gasteiger partial charge in [0.15, 0.2) is 0 Å². The van der Waals surface area contributed by atoms with Crippen molar-refractivity contribution in [3.05, 3.63) is 23.2 Å². The van der Waals surface area contributed by atoms with Crippen LogP contribution in [0.15, 0.2) is 18.2 Å². The lowest BCUT2D eigenvalue weighted by atomic mass is 10.2. The monoisotopic (exact) mass is 325 g/mol. The van der Waals surface area contributed by atoms with Gasteiger partial charge in [-0.3, -0.25) is 14.5 Å². The molecule has 3 N–H and O–H groups in total. The molecule has 1 fully saturated rings. The molecule has 0 aliphatic carbocycles. The fraction of sp³-hybridized carbons (Fsp3) is 0.467. The molecule has 1 aliphatic heterocycles. The Bertz CT molecular complexity index is 565. The van der Waals surface area contributed by atoms with Crippen molar-refractivity contribution in [1.29, 1.82) is 0 Å². The summed E-state index contributed by atoms with van der Waals surface area (Å²) in [6.07, 6.45) is 2.13. The standard InChI is InChI=1S/C15H20ClN3O3/c1-2-19-7-3-4-11(19)9-17-14(21)15(22)18-12-8-10(16)5-6-13(12)20/h5-6,8,11,20H,2-4,7,9H2,1H3,(H,17,21)(H,18,22). The van der Waals surface area contributed by atoms with Crippen molar-refractivity contribution in [2.45, 2.75) is 25.8 Å². The first-order valence-electron chi connectivity index (χ1n) is 7.33. The van der Waals surface area contributed by atoms with E-state index in [1.807, 2.05) is 0 Å². The van der Waals surface area contributed by atoms with Gasteiger partial charge in [-0.25, -0.2) is 0 Å². The molecule has 1 heterocycles. The van der Waals surface area contributed by atoms with E-state index in [-0.39, 0.29) is 17.5 Å². The van der Waals surface area contributed by atoms with E-state index >= 15 is 0 Å². The van der Waals surface area contributed by atoms with Gasteiger partial charge in [-0.05, 0) is 44.1 Å². The van der Waals surface area contributed by atoms with Crippen LogP contribution in [0.2, 0.25) is 5.02 Å². The number of hydrogen-bond donors (Lipinski definition) is 3. The van der Waals surface area contributed by atoms with E-state index in [9.17, 15) is 14.7 Å². The highest BCUT2D eigenvalue weighted by Crippen LogP contribution is 2.26. The highest BCUT2D eigenvalue weighted by Gasteiger charge is 2.24. The molecule has 1 atom stereocenters. The summed E-state index contributed by atoms with van der Waals surface area (Å²) >= 11 is 5.79. The van der Waals surface area contributed by atoms with Crippen LogP contribution in [-0.2, 0) is 9.59 Å². The molecule has 1 unspecified atom stereocenters. The zero-order valence-electron chi connectivity index (χ0n) is 12.4. The van der Waals surface area contributed by atoms with Crippen LogP contribution >= 0.6 is 11.6 Å². The Kier molecular flexibility index (Phi) is 5.63. The SMILES string of the molecule is CCN1CCCC1CNC(=O)C(=O)Nc1cc(Cl)ccc1O. The highest BCUT2D eigenvalue weighted by atomic mass is 35.5. The molecule has 1 aromatic rings. The molecule has 1 aliphatic rings. The molecule has 120 valence electrons. The van der Waals surface area contributed by atoms with E-state index in [2.05, 4.69) is 22.5 Å². The molecule has 0 aromatic heterocycles. The molecule has 0 spiro atoms. The summed E-state index contributed by atoms with van der Waals surface area (Å²) in [5.74, 6) is -1.68. The number of benzene rings is 1. The third kappa shape index (κ3) is 4.11. The van der Waals surface area contributed by atoms with Crippen LogP contribution in [0.25, 0.3) is 0 Å².